The third-order valence-electron chi connectivity index (χ3n) is 4.99. The molecule has 0 aliphatic heterocycles. The molecule has 4 unspecified atom stereocenters. The van der Waals surface area contributed by atoms with Gasteiger partial charge in [0.05, 0.1) is 5.92 Å². The van der Waals surface area contributed by atoms with E-state index in [1.54, 1.807) is 20.8 Å². The van der Waals surface area contributed by atoms with Gasteiger partial charge in [-0.05, 0) is 31.6 Å². The monoisotopic (exact) mass is 370 g/mol. The lowest BCUT2D eigenvalue weighted by Crippen LogP contribution is -2.48. The number of nitrogens with one attached hydrogen (secondary N) is 1. The van der Waals surface area contributed by atoms with E-state index in [1.807, 2.05) is 0 Å². The van der Waals surface area contributed by atoms with E-state index in [-0.39, 0.29) is 42.2 Å². The Balaban J connectivity index is 2.66. The zero-order chi connectivity index (χ0) is 20.0. The fourth-order valence-electron chi connectivity index (χ4n) is 3.52. The van der Waals surface area contributed by atoms with Gasteiger partial charge in [-0.1, -0.05) is 20.8 Å². The van der Waals surface area contributed by atoms with E-state index in [9.17, 15) is 24.3 Å². The summed E-state index contributed by atoms with van der Waals surface area (Å²) in [5, 5.41) is 21.1. The zero-order valence-electron chi connectivity index (χ0n) is 15.9. The van der Waals surface area contributed by atoms with E-state index in [4.69, 9.17) is 5.11 Å². The molecule has 1 aliphatic carbocycles. The van der Waals surface area contributed by atoms with Crippen LogP contribution >= 0.6 is 0 Å². The summed E-state index contributed by atoms with van der Waals surface area (Å²) in [7, 11) is 1.45. The average molecular weight is 370 g/mol. The number of hydrogen-bond donors (Lipinski definition) is 3. The zero-order valence-corrected chi connectivity index (χ0v) is 15.9. The maximum Gasteiger partial charge on any atom is 0.323 e. The molecule has 8 nitrogen and oxygen atoms in total. The lowest BCUT2D eigenvalue weighted by atomic mass is 9.74. The number of carboxylic acid groups (broad SMARTS) is 2. The summed E-state index contributed by atoms with van der Waals surface area (Å²) in [6.45, 7) is 4.91. The topological polar surface area (TPSA) is 124 Å². The van der Waals surface area contributed by atoms with Crippen LogP contribution in [-0.2, 0) is 19.2 Å². The van der Waals surface area contributed by atoms with Gasteiger partial charge in [-0.2, -0.15) is 0 Å². The van der Waals surface area contributed by atoms with Crippen LogP contribution in [0.5, 0.6) is 0 Å². The van der Waals surface area contributed by atoms with Crippen LogP contribution in [0.2, 0.25) is 0 Å². The first-order valence-corrected chi connectivity index (χ1v) is 9.02. The minimum Gasteiger partial charge on any atom is -0.481 e. The van der Waals surface area contributed by atoms with Gasteiger partial charge in [-0.15, -0.1) is 0 Å². The Hall–Kier alpha value is -2.12. The highest BCUT2D eigenvalue weighted by atomic mass is 16.4. The molecule has 0 heterocycles. The first-order chi connectivity index (χ1) is 12.0. The summed E-state index contributed by atoms with van der Waals surface area (Å²) in [6.07, 6.45) is 2.20. The fourth-order valence-corrected chi connectivity index (χ4v) is 3.52. The number of nitrogens with zero attached hydrogens (tertiary/aromatic N) is 1. The first kappa shape index (κ1) is 21.9. The van der Waals surface area contributed by atoms with E-state index in [0.717, 1.165) is 6.42 Å². The Morgan fingerprint density at radius 1 is 1.12 bits per heavy atom. The van der Waals surface area contributed by atoms with Gasteiger partial charge >= 0.3 is 11.9 Å². The predicted molar refractivity (Wildman–Crippen MR) is 94.3 cm³/mol. The van der Waals surface area contributed by atoms with Crippen molar-refractivity contribution in [3.05, 3.63) is 0 Å². The molecular formula is C18H30N2O6. The highest BCUT2D eigenvalue weighted by molar-refractivity contribution is 5.82. The Morgan fingerprint density at radius 2 is 1.73 bits per heavy atom. The van der Waals surface area contributed by atoms with Crippen molar-refractivity contribution in [2.24, 2.45) is 23.7 Å². The van der Waals surface area contributed by atoms with Gasteiger partial charge in [0.2, 0.25) is 11.8 Å². The Kier molecular flexibility index (Phi) is 8.05. The smallest absolute Gasteiger partial charge is 0.323 e. The molecular weight excluding hydrogens is 340 g/mol. The highest BCUT2D eigenvalue weighted by Gasteiger charge is 2.37. The minimum absolute atomic E-state index is 0.0560. The lowest BCUT2D eigenvalue weighted by Gasteiger charge is -2.35. The number of carboxylic acids is 2. The highest BCUT2D eigenvalue weighted by Crippen LogP contribution is 2.34. The molecule has 4 atom stereocenters. The predicted octanol–water partition coefficient (Wildman–Crippen LogP) is 1.20. The normalized spacial score (nSPS) is 24.0. The number of rotatable bonds is 8. The summed E-state index contributed by atoms with van der Waals surface area (Å²) < 4.78 is 0. The third kappa shape index (κ3) is 6.31. The van der Waals surface area contributed by atoms with Crippen LogP contribution in [0.15, 0.2) is 0 Å². The largest absolute Gasteiger partial charge is 0.481 e. The summed E-state index contributed by atoms with van der Waals surface area (Å²) in [5.74, 6) is -3.61. The van der Waals surface area contributed by atoms with Gasteiger partial charge in [-0.25, -0.2) is 0 Å². The van der Waals surface area contributed by atoms with Crippen LogP contribution in [0.1, 0.15) is 46.5 Å². The Bertz CT molecular complexity index is 548. The molecule has 1 aliphatic rings. The molecule has 8 heteroatoms. The number of carbonyl (C=O) groups excluding carboxylic acids is 2. The molecule has 1 fully saturated rings. The summed E-state index contributed by atoms with van der Waals surface area (Å²) >= 11 is 0. The van der Waals surface area contributed by atoms with Gasteiger partial charge in [0.1, 0.15) is 6.54 Å². The molecule has 3 N–H and O–H groups in total. The molecule has 26 heavy (non-hydrogen) atoms. The quantitative estimate of drug-likeness (QED) is 0.590. The molecule has 0 saturated heterocycles. The number of hydrogen-bond acceptors (Lipinski definition) is 4. The maximum absolute atomic E-state index is 12.2. The second-order valence-electron chi connectivity index (χ2n) is 7.62. The summed E-state index contributed by atoms with van der Waals surface area (Å²) in [5.41, 5.74) is 0. The van der Waals surface area contributed by atoms with Crippen molar-refractivity contribution in [1.82, 2.24) is 10.2 Å². The van der Waals surface area contributed by atoms with Crippen LogP contribution in [0, 0.1) is 23.7 Å². The van der Waals surface area contributed by atoms with E-state index in [1.165, 1.54) is 11.9 Å². The van der Waals surface area contributed by atoms with Crippen molar-refractivity contribution in [3.8, 4) is 0 Å². The SMILES string of the molecule is CC(C)C(=O)NC1CCC(CC(C)C(=O)N(C)CC(=O)O)CC1C(=O)O. The summed E-state index contributed by atoms with van der Waals surface area (Å²) in [4.78, 5) is 47.6. The number of likely N-dealkylation sites (N-methyl/N-ethyl adjacent to an activating group) is 1. The van der Waals surface area contributed by atoms with Crippen LogP contribution in [-0.4, -0.2) is 58.5 Å². The first-order valence-electron chi connectivity index (χ1n) is 9.02. The molecule has 0 spiro atoms. The maximum atomic E-state index is 12.2. The Morgan fingerprint density at radius 3 is 2.23 bits per heavy atom. The number of carbonyl (C=O) groups is 4. The third-order valence-corrected chi connectivity index (χ3v) is 4.99. The van der Waals surface area contributed by atoms with Gasteiger partial charge in [0.25, 0.3) is 0 Å². The fraction of sp³-hybridized carbons (Fsp3) is 0.778. The van der Waals surface area contributed by atoms with Crippen LogP contribution in [0.4, 0.5) is 0 Å². The number of aliphatic carboxylic acids is 2. The van der Waals surface area contributed by atoms with Gasteiger partial charge in [-0.3, -0.25) is 19.2 Å². The molecule has 2 amide bonds. The minimum atomic E-state index is -1.07. The van der Waals surface area contributed by atoms with E-state index >= 15 is 0 Å². The average Bonchev–Trinajstić information content (AvgIpc) is 2.54. The second-order valence-corrected chi connectivity index (χ2v) is 7.62. The van der Waals surface area contributed by atoms with Gasteiger partial charge in [0.15, 0.2) is 0 Å². The van der Waals surface area contributed by atoms with E-state index in [2.05, 4.69) is 5.32 Å². The van der Waals surface area contributed by atoms with E-state index < -0.39 is 17.9 Å². The molecule has 0 radical (unpaired) electrons. The molecule has 0 aromatic carbocycles. The summed E-state index contributed by atoms with van der Waals surface area (Å²) in [6, 6.07) is -0.389. The van der Waals surface area contributed by atoms with Crippen LogP contribution in [0.25, 0.3) is 0 Å². The number of amides is 2. The van der Waals surface area contributed by atoms with Crippen LogP contribution < -0.4 is 5.32 Å². The molecule has 0 bridgehead atoms. The van der Waals surface area contributed by atoms with Crippen LogP contribution in [0.3, 0.4) is 0 Å². The van der Waals surface area contributed by atoms with Crippen molar-refractivity contribution < 1.29 is 29.4 Å². The standard InChI is InChI=1S/C18H30N2O6/c1-10(2)16(23)19-14-6-5-12(8-13(14)18(25)26)7-11(3)17(24)20(4)9-15(21)22/h10-14H,5-9H2,1-4H3,(H,19,23)(H,21,22)(H,25,26). The van der Waals surface area contributed by atoms with Crippen molar-refractivity contribution >= 4 is 23.8 Å². The van der Waals surface area contributed by atoms with Gasteiger partial charge in [0, 0.05) is 24.9 Å². The van der Waals surface area contributed by atoms with Crippen molar-refractivity contribution in [2.45, 2.75) is 52.5 Å². The van der Waals surface area contributed by atoms with Crippen molar-refractivity contribution in [3.63, 3.8) is 0 Å². The molecule has 148 valence electrons. The van der Waals surface area contributed by atoms with E-state index in [0.29, 0.717) is 19.3 Å². The molecule has 0 aromatic rings. The second kappa shape index (κ2) is 9.54. The molecule has 1 saturated carbocycles. The van der Waals surface area contributed by atoms with Crippen molar-refractivity contribution in [2.75, 3.05) is 13.6 Å². The molecule has 1 rings (SSSR count). The van der Waals surface area contributed by atoms with Crippen molar-refractivity contribution in [1.29, 1.82) is 0 Å². The van der Waals surface area contributed by atoms with Gasteiger partial charge < -0.3 is 20.4 Å². The lowest BCUT2D eigenvalue weighted by molar-refractivity contribution is -0.146. The Labute approximate surface area is 153 Å². The molecule has 0 aromatic heterocycles.